The zero-order chi connectivity index (χ0) is 18.8. The highest BCUT2D eigenvalue weighted by Crippen LogP contribution is 2.23. The molecule has 26 heavy (non-hydrogen) atoms. The molecule has 1 aromatic carbocycles. The molecule has 1 aromatic rings. The third-order valence-corrected chi connectivity index (χ3v) is 5.19. The molecule has 4 N–H and O–H groups in total. The van der Waals surface area contributed by atoms with Crippen LogP contribution in [0.4, 0.5) is 0 Å². The Morgan fingerprint density at radius 3 is 2.58 bits per heavy atom. The van der Waals surface area contributed by atoms with Gasteiger partial charge < -0.3 is 10.6 Å². The third kappa shape index (κ3) is 7.14. The van der Waals surface area contributed by atoms with Gasteiger partial charge in [-0.25, -0.2) is 5.48 Å². The molecule has 2 amide bonds. The average Bonchev–Trinajstić information content (AvgIpc) is 2.67. The van der Waals surface area contributed by atoms with Crippen molar-refractivity contribution in [2.45, 2.75) is 57.4 Å². The number of amides is 2. The molecule has 1 atom stereocenters. The molecule has 1 unspecified atom stereocenters. The van der Waals surface area contributed by atoms with Crippen molar-refractivity contribution >= 4 is 11.8 Å². The van der Waals surface area contributed by atoms with Crippen LogP contribution in [-0.2, 0) is 16.0 Å². The molecule has 2 rings (SSSR count). The van der Waals surface area contributed by atoms with Crippen LogP contribution in [-0.4, -0.2) is 41.1 Å². The van der Waals surface area contributed by atoms with Crippen molar-refractivity contribution in [3.63, 3.8) is 0 Å². The van der Waals surface area contributed by atoms with Crippen molar-refractivity contribution < 1.29 is 14.8 Å². The fourth-order valence-electron chi connectivity index (χ4n) is 3.53. The van der Waals surface area contributed by atoms with Crippen LogP contribution in [0.1, 0.15) is 50.5 Å². The van der Waals surface area contributed by atoms with Crippen LogP contribution in [0.3, 0.4) is 0 Å². The van der Waals surface area contributed by atoms with E-state index in [1.807, 2.05) is 23.1 Å². The van der Waals surface area contributed by atoms with Crippen LogP contribution in [0.25, 0.3) is 0 Å². The molecule has 1 aliphatic rings. The van der Waals surface area contributed by atoms with Gasteiger partial charge in [0.05, 0.1) is 0 Å². The summed E-state index contributed by atoms with van der Waals surface area (Å²) in [4.78, 5) is 25.4. The van der Waals surface area contributed by atoms with Gasteiger partial charge in [-0.2, -0.15) is 0 Å². The predicted octanol–water partition coefficient (Wildman–Crippen LogP) is 2.25. The monoisotopic (exact) mass is 361 g/mol. The van der Waals surface area contributed by atoms with E-state index in [2.05, 4.69) is 12.1 Å². The van der Waals surface area contributed by atoms with E-state index >= 15 is 0 Å². The van der Waals surface area contributed by atoms with E-state index in [0.29, 0.717) is 18.8 Å². The number of piperidine rings is 1. The Bertz CT molecular complexity index is 557. The smallest absolute Gasteiger partial charge is 0.243 e. The second-order valence-electron chi connectivity index (χ2n) is 7.24. The van der Waals surface area contributed by atoms with Crippen molar-refractivity contribution in [3.05, 3.63) is 35.9 Å². The molecule has 1 fully saturated rings. The van der Waals surface area contributed by atoms with E-state index < -0.39 is 0 Å². The van der Waals surface area contributed by atoms with E-state index in [1.165, 1.54) is 5.56 Å². The summed E-state index contributed by atoms with van der Waals surface area (Å²) < 4.78 is 0. The summed E-state index contributed by atoms with van der Waals surface area (Å²) in [7, 11) is 0. The number of likely N-dealkylation sites (tertiary alicyclic amines) is 1. The van der Waals surface area contributed by atoms with Crippen LogP contribution in [0.5, 0.6) is 0 Å². The third-order valence-electron chi connectivity index (χ3n) is 5.19. The highest BCUT2D eigenvalue weighted by atomic mass is 16.5. The van der Waals surface area contributed by atoms with Crippen molar-refractivity contribution in [2.24, 2.45) is 11.7 Å². The van der Waals surface area contributed by atoms with Gasteiger partial charge in [0.1, 0.15) is 0 Å². The van der Waals surface area contributed by atoms with E-state index in [9.17, 15) is 9.59 Å². The zero-order valence-corrected chi connectivity index (χ0v) is 15.4. The average molecular weight is 361 g/mol. The van der Waals surface area contributed by atoms with Gasteiger partial charge in [0, 0.05) is 32.0 Å². The van der Waals surface area contributed by atoms with Crippen molar-refractivity contribution in [3.8, 4) is 0 Å². The maximum atomic E-state index is 12.4. The number of nitrogens with zero attached hydrogens (tertiary/aromatic N) is 1. The highest BCUT2D eigenvalue weighted by molar-refractivity contribution is 5.77. The predicted molar refractivity (Wildman–Crippen MR) is 100 cm³/mol. The van der Waals surface area contributed by atoms with Crippen LogP contribution in [0.2, 0.25) is 0 Å². The maximum absolute atomic E-state index is 12.4. The lowest BCUT2D eigenvalue weighted by atomic mass is 9.91. The Balaban J connectivity index is 1.62. The van der Waals surface area contributed by atoms with Gasteiger partial charge in [-0.1, -0.05) is 30.3 Å². The molecule has 0 radical (unpaired) electrons. The number of hydroxylamine groups is 1. The van der Waals surface area contributed by atoms with Crippen molar-refractivity contribution in [1.82, 2.24) is 10.4 Å². The lowest BCUT2D eigenvalue weighted by molar-refractivity contribution is -0.133. The molecular formula is C20H31N3O3. The molecule has 0 aliphatic carbocycles. The molecule has 0 saturated carbocycles. The molecule has 1 heterocycles. The summed E-state index contributed by atoms with van der Waals surface area (Å²) >= 11 is 0. The fraction of sp³-hybridized carbons (Fsp3) is 0.600. The molecule has 144 valence electrons. The fourth-order valence-corrected chi connectivity index (χ4v) is 3.53. The Kier molecular flexibility index (Phi) is 8.58. The van der Waals surface area contributed by atoms with Gasteiger partial charge in [0.25, 0.3) is 0 Å². The molecule has 1 saturated heterocycles. The second-order valence-corrected chi connectivity index (χ2v) is 7.24. The molecule has 0 aromatic heterocycles. The number of nitrogens with two attached hydrogens (primary N) is 1. The Labute approximate surface area is 155 Å². The summed E-state index contributed by atoms with van der Waals surface area (Å²) in [6, 6.07) is 10.1. The number of aryl methyl sites for hydroxylation is 1. The number of carbonyl (C=O) groups is 2. The molecular weight excluding hydrogens is 330 g/mol. The summed E-state index contributed by atoms with van der Waals surface area (Å²) in [5.41, 5.74) is 9.07. The lowest BCUT2D eigenvalue weighted by Crippen LogP contribution is -2.41. The van der Waals surface area contributed by atoms with Crippen LogP contribution >= 0.6 is 0 Å². The first-order valence-corrected chi connectivity index (χ1v) is 9.58. The molecule has 0 spiro atoms. The quantitative estimate of drug-likeness (QED) is 0.464. The number of carbonyl (C=O) groups excluding carboxylic acids is 2. The second kappa shape index (κ2) is 10.9. The largest absolute Gasteiger partial charge is 0.343 e. The Morgan fingerprint density at radius 2 is 1.92 bits per heavy atom. The minimum atomic E-state index is -0.331. The van der Waals surface area contributed by atoms with Crippen molar-refractivity contribution in [2.75, 3.05) is 13.1 Å². The topological polar surface area (TPSA) is 95.7 Å². The van der Waals surface area contributed by atoms with Gasteiger partial charge >= 0.3 is 0 Å². The van der Waals surface area contributed by atoms with Crippen LogP contribution in [0.15, 0.2) is 30.3 Å². The van der Waals surface area contributed by atoms with Gasteiger partial charge in [0.2, 0.25) is 11.8 Å². The van der Waals surface area contributed by atoms with Gasteiger partial charge in [-0.15, -0.1) is 0 Å². The first-order chi connectivity index (χ1) is 12.6. The van der Waals surface area contributed by atoms with E-state index in [1.54, 1.807) is 5.48 Å². The molecule has 0 bridgehead atoms. The Morgan fingerprint density at radius 1 is 1.23 bits per heavy atom. The van der Waals surface area contributed by atoms with E-state index in [4.69, 9.17) is 10.9 Å². The maximum Gasteiger partial charge on any atom is 0.243 e. The van der Waals surface area contributed by atoms with Crippen molar-refractivity contribution in [1.29, 1.82) is 0 Å². The minimum Gasteiger partial charge on any atom is -0.343 e. The lowest BCUT2D eigenvalue weighted by Gasteiger charge is -2.32. The highest BCUT2D eigenvalue weighted by Gasteiger charge is 2.23. The standard InChI is InChI=1S/C20H31N3O3/c21-18(10-9-16-5-2-1-3-6-16)15-20(25)23-13-11-17(12-14-23)7-4-8-19(24)22-26/h1-3,5-6,17-18,26H,4,7-15,21H2,(H,22,24). The summed E-state index contributed by atoms with van der Waals surface area (Å²) in [5, 5.41) is 8.49. The van der Waals surface area contributed by atoms with Crippen LogP contribution in [0, 0.1) is 5.92 Å². The summed E-state index contributed by atoms with van der Waals surface area (Å²) in [6.07, 6.45) is 6.18. The molecule has 1 aliphatic heterocycles. The van der Waals surface area contributed by atoms with E-state index in [-0.39, 0.29) is 17.9 Å². The summed E-state index contributed by atoms with van der Waals surface area (Å²) in [6.45, 7) is 1.56. The minimum absolute atomic E-state index is 0.0996. The number of benzene rings is 1. The molecule has 6 nitrogen and oxygen atoms in total. The number of nitrogens with one attached hydrogen (secondary N) is 1. The van der Waals surface area contributed by atoms with Gasteiger partial charge in [0.15, 0.2) is 0 Å². The SMILES string of the molecule is NC(CCc1ccccc1)CC(=O)N1CCC(CCCC(=O)NO)CC1. The number of hydrogen-bond acceptors (Lipinski definition) is 4. The van der Waals surface area contributed by atoms with Crippen LogP contribution < -0.4 is 11.2 Å². The first kappa shape index (κ1) is 20.4. The number of rotatable bonds is 9. The number of hydrogen-bond donors (Lipinski definition) is 3. The van der Waals surface area contributed by atoms with Gasteiger partial charge in [-0.3, -0.25) is 14.8 Å². The van der Waals surface area contributed by atoms with Gasteiger partial charge in [-0.05, 0) is 50.0 Å². The first-order valence-electron chi connectivity index (χ1n) is 9.58. The zero-order valence-electron chi connectivity index (χ0n) is 15.4. The van der Waals surface area contributed by atoms with E-state index in [0.717, 1.165) is 51.6 Å². The Hall–Kier alpha value is -1.92. The molecule has 6 heteroatoms. The normalized spacial score (nSPS) is 16.3. The summed E-state index contributed by atoms with van der Waals surface area (Å²) in [5.74, 6) is 0.378.